The van der Waals surface area contributed by atoms with Gasteiger partial charge >= 0.3 is 11.9 Å². The number of fused-ring (bicyclic) bond motifs is 2. The van der Waals surface area contributed by atoms with Crippen molar-refractivity contribution < 1.29 is 23.9 Å². The molecule has 122 valence electrons. The van der Waals surface area contributed by atoms with Crippen LogP contribution in [-0.4, -0.2) is 30.9 Å². The molecule has 2 unspecified atom stereocenters. The van der Waals surface area contributed by atoms with Gasteiger partial charge in [-0.2, -0.15) is 0 Å². The number of Topliss-reactive ketones (excluding diaryl/α,β-unsaturated/α-hetero) is 1. The van der Waals surface area contributed by atoms with E-state index < -0.39 is 10.8 Å². The molecule has 0 aromatic carbocycles. The van der Waals surface area contributed by atoms with Gasteiger partial charge in [-0.05, 0) is 36.8 Å². The van der Waals surface area contributed by atoms with Gasteiger partial charge < -0.3 is 9.47 Å². The Hall–Kier alpha value is -1.65. The van der Waals surface area contributed by atoms with Crippen LogP contribution in [-0.2, 0) is 23.9 Å². The molecule has 3 aliphatic carbocycles. The average Bonchev–Trinajstić information content (AvgIpc) is 2.40. The molecule has 5 nitrogen and oxygen atoms in total. The van der Waals surface area contributed by atoms with E-state index in [0.29, 0.717) is 0 Å². The molecule has 3 aliphatic rings. The number of carbonyl (C=O) groups is 3. The highest BCUT2D eigenvalue weighted by atomic mass is 16.5. The van der Waals surface area contributed by atoms with E-state index in [0.717, 1.165) is 24.0 Å². The summed E-state index contributed by atoms with van der Waals surface area (Å²) in [6, 6.07) is 0. The molecule has 0 aromatic rings. The number of hydrogen-bond donors (Lipinski definition) is 0. The summed E-state index contributed by atoms with van der Waals surface area (Å²) >= 11 is 0. The fraction of sp³-hybridized carbons (Fsp3) is 0.706. The van der Waals surface area contributed by atoms with Gasteiger partial charge in [-0.25, -0.2) is 0 Å². The Balaban J connectivity index is 2.46. The first kappa shape index (κ1) is 16.7. The molecule has 0 spiro atoms. The zero-order valence-electron chi connectivity index (χ0n) is 13.9. The minimum Gasteiger partial charge on any atom is -0.461 e. The Bertz CT molecular complexity index is 557. The second-order valence-corrected chi connectivity index (χ2v) is 7.04. The van der Waals surface area contributed by atoms with Crippen molar-refractivity contribution >= 4 is 17.7 Å². The van der Waals surface area contributed by atoms with Crippen molar-refractivity contribution in [1.29, 1.82) is 0 Å². The molecule has 1 saturated carbocycles. The van der Waals surface area contributed by atoms with Crippen LogP contribution in [0.1, 0.15) is 47.5 Å². The van der Waals surface area contributed by atoms with Gasteiger partial charge in [0.2, 0.25) is 0 Å². The van der Waals surface area contributed by atoms with Gasteiger partial charge in [0.15, 0.2) is 0 Å². The predicted octanol–water partition coefficient (Wildman–Crippen LogP) is 2.43. The van der Waals surface area contributed by atoms with E-state index >= 15 is 0 Å². The van der Waals surface area contributed by atoms with E-state index in [1.807, 2.05) is 20.8 Å². The summed E-state index contributed by atoms with van der Waals surface area (Å²) in [5.74, 6) is -0.511. The monoisotopic (exact) mass is 308 g/mol. The minimum atomic E-state index is -0.636. The Morgan fingerprint density at radius 1 is 1.09 bits per heavy atom. The smallest absolute Gasteiger partial charge is 0.302 e. The quantitative estimate of drug-likeness (QED) is 0.589. The van der Waals surface area contributed by atoms with Crippen molar-refractivity contribution in [1.82, 2.24) is 0 Å². The summed E-state index contributed by atoms with van der Waals surface area (Å²) < 4.78 is 10.4. The molecule has 0 radical (unpaired) electrons. The maximum Gasteiger partial charge on any atom is 0.302 e. The zero-order chi connectivity index (χ0) is 16.7. The normalized spacial score (nSPS) is 29.5. The summed E-state index contributed by atoms with van der Waals surface area (Å²) in [6.07, 6.45) is 1.63. The topological polar surface area (TPSA) is 69.7 Å². The van der Waals surface area contributed by atoms with Crippen molar-refractivity contribution in [2.75, 3.05) is 13.2 Å². The lowest BCUT2D eigenvalue weighted by Gasteiger charge is -2.54. The molecule has 0 amide bonds. The lowest BCUT2D eigenvalue weighted by molar-refractivity contribution is -0.148. The minimum absolute atomic E-state index is 0.0340. The van der Waals surface area contributed by atoms with Crippen molar-refractivity contribution in [3.05, 3.63) is 11.1 Å². The Kier molecular flexibility index (Phi) is 4.20. The van der Waals surface area contributed by atoms with E-state index in [2.05, 4.69) is 0 Å². The van der Waals surface area contributed by atoms with Crippen LogP contribution < -0.4 is 0 Å². The van der Waals surface area contributed by atoms with E-state index in [4.69, 9.17) is 9.47 Å². The number of ketones is 1. The van der Waals surface area contributed by atoms with Crippen LogP contribution in [0.15, 0.2) is 11.1 Å². The van der Waals surface area contributed by atoms with E-state index in [9.17, 15) is 14.4 Å². The van der Waals surface area contributed by atoms with Crippen molar-refractivity contribution in [2.45, 2.75) is 47.5 Å². The largest absolute Gasteiger partial charge is 0.461 e. The van der Waals surface area contributed by atoms with Crippen molar-refractivity contribution in [2.24, 2.45) is 16.7 Å². The molecule has 1 fully saturated rings. The fourth-order valence-corrected chi connectivity index (χ4v) is 4.03. The third kappa shape index (κ3) is 2.57. The predicted molar refractivity (Wildman–Crippen MR) is 79.9 cm³/mol. The van der Waals surface area contributed by atoms with E-state index in [-0.39, 0.29) is 36.9 Å². The molecule has 2 bridgehead atoms. The van der Waals surface area contributed by atoms with Gasteiger partial charge in [0.25, 0.3) is 0 Å². The fourth-order valence-electron chi connectivity index (χ4n) is 4.03. The molecule has 0 aromatic heterocycles. The van der Waals surface area contributed by atoms with Gasteiger partial charge in [-0.3, -0.25) is 14.4 Å². The summed E-state index contributed by atoms with van der Waals surface area (Å²) in [7, 11) is 0. The zero-order valence-corrected chi connectivity index (χ0v) is 13.9. The van der Waals surface area contributed by atoms with Gasteiger partial charge in [0.05, 0.1) is 5.41 Å². The van der Waals surface area contributed by atoms with Crippen molar-refractivity contribution in [3.8, 4) is 0 Å². The number of esters is 2. The second kappa shape index (κ2) is 5.52. The first-order chi connectivity index (χ1) is 10.1. The third-order valence-electron chi connectivity index (χ3n) is 5.22. The number of ether oxygens (including phenoxy) is 2. The van der Waals surface area contributed by atoms with E-state index in [1.54, 1.807) is 0 Å². The maximum atomic E-state index is 12.9. The molecular weight excluding hydrogens is 284 g/mol. The summed E-state index contributed by atoms with van der Waals surface area (Å²) in [4.78, 5) is 35.2. The van der Waals surface area contributed by atoms with Crippen molar-refractivity contribution in [3.63, 3.8) is 0 Å². The standard InChI is InChI=1S/C17H24O5/c1-10(18)21-8-12-13-6-7-17(5,15(20)16(13,3)4)14(12)9-22-11(2)19/h13H,6-9H2,1-5H3. The van der Waals surface area contributed by atoms with Gasteiger partial charge in [-0.15, -0.1) is 0 Å². The van der Waals surface area contributed by atoms with Crippen LogP contribution in [0.2, 0.25) is 0 Å². The molecule has 22 heavy (non-hydrogen) atoms. The van der Waals surface area contributed by atoms with Crippen LogP contribution in [0.25, 0.3) is 0 Å². The molecule has 0 aliphatic heterocycles. The van der Waals surface area contributed by atoms with Crippen LogP contribution >= 0.6 is 0 Å². The summed E-state index contributed by atoms with van der Waals surface area (Å²) in [6.45, 7) is 8.80. The number of carbonyl (C=O) groups excluding carboxylic acids is 3. The third-order valence-corrected chi connectivity index (χ3v) is 5.22. The summed E-state index contributed by atoms with van der Waals surface area (Å²) in [5, 5.41) is 0. The Morgan fingerprint density at radius 3 is 2.18 bits per heavy atom. The lowest BCUT2D eigenvalue weighted by atomic mass is 9.49. The van der Waals surface area contributed by atoms with Crippen LogP contribution in [0, 0.1) is 16.7 Å². The molecule has 0 heterocycles. The van der Waals surface area contributed by atoms with Crippen LogP contribution in [0.4, 0.5) is 0 Å². The van der Waals surface area contributed by atoms with Gasteiger partial charge in [0, 0.05) is 19.3 Å². The SMILES string of the molecule is CC(=O)OCC1=C(COC(C)=O)C2(C)CCC1C(C)(C)C2=O. The molecule has 0 N–H and O–H groups in total. The first-order valence-electron chi connectivity index (χ1n) is 7.64. The molecule has 2 atom stereocenters. The highest BCUT2D eigenvalue weighted by Crippen LogP contribution is 2.58. The van der Waals surface area contributed by atoms with Crippen LogP contribution in [0.3, 0.4) is 0 Å². The van der Waals surface area contributed by atoms with Gasteiger partial charge in [-0.1, -0.05) is 13.8 Å². The Labute approximate surface area is 131 Å². The summed E-state index contributed by atoms with van der Waals surface area (Å²) in [5.41, 5.74) is 0.657. The molecular formula is C17H24O5. The first-order valence-corrected chi connectivity index (χ1v) is 7.64. The van der Waals surface area contributed by atoms with Gasteiger partial charge in [0.1, 0.15) is 19.0 Å². The highest BCUT2D eigenvalue weighted by Gasteiger charge is 2.58. The Morgan fingerprint density at radius 2 is 1.64 bits per heavy atom. The average molecular weight is 308 g/mol. The lowest BCUT2D eigenvalue weighted by Crippen LogP contribution is -2.55. The number of rotatable bonds is 4. The van der Waals surface area contributed by atoms with E-state index in [1.165, 1.54) is 13.8 Å². The molecule has 3 rings (SSSR count). The molecule has 0 saturated heterocycles. The maximum absolute atomic E-state index is 12.9. The highest BCUT2D eigenvalue weighted by molar-refractivity contribution is 5.95. The number of hydrogen-bond acceptors (Lipinski definition) is 5. The second-order valence-electron chi connectivity index (χ2n) is 7.04. The molecule has 5 heteroatoms. The van der Waals surface area contributed by atoms with Crippen LogP contribution in [0.5, 0.6) is 0 Å².